The van der Waals surface area contributed by atoms with E-state index in [-0.39, 0.29) is 23.9 Å². The van der Waals surface area contributed by atoms with Crippen molar-refractivity contribution in [1.29, 1.82) is 0 Å². The molecule has 1 atom stereocenters. The Hall–Kier alpha value is -2.31. The van der Waals surface area contributed by atoms with Crippen molar-refractivity contribution in [1.82, 2.24) is 9.88 Å². The average molecular weight is 369 g/mol. The maximum absolute atomic E-state index is 13.3. The first-order valence-corrected chi connectivity index (χ1v) is 9.36. The largest absolute Gasteiger partial charge is 0.362 e. The molecule has 0 aliphatic carbocycles. The number of nitrogens with zero attached hydrogens (tertiary/aromatic N) is 3. The number of halogens is 1. The normalized spacial score (nSPS) is 23.8. The third kappa shape index (κ3) is 3.87. The van der Waals surface area contributed by atoms with Gasteiger partial charge < -0.3 is 9.64 Å². The van der Waals surface area contributed by atoms with Crippen LogP contribution in [0.5, 0.6) is 0 Å². The summed E-state index contributed by atoms with van der Waals surface area (Å²) in [4.78, 5) is 20.7. The van der Waals surface area contributed by atoms with Gasteiger partial charge in [0.05, 0.1) is 12.1 Å². The van der Waals surface area contributed by atoms with Crippen molar-refractivity contribution in [2.45, 2.75) is 31.9 Å². The standard InChI is InChI=1S/C21H24FN3O2/c1-16-11-23-9-7-17(16)12-24-10-2-8-21(14-24)15-25(20(26)13-27-21)19-5-3-18(22)4-6-19/h3-7,9,11H,2,8,10,12-15H2,1H3. The van der Waals surface area contributed by atoms with Crippen LogP contribution >= 0.6 is 0 Å². The molecule has 2 aromatic rings. The van der Waals surface area contributed by atoms with Gasteiger partial charge in [-0.25, -0.2) is 4.39 Å². The fourth-order valence-electron chi connectivity index (χ4n) is 4.06. The van der Waals surface area contributed by atoms with Gasteiger partial charge in [-0.1, -0.05) is 0 Å². The quantitative estimate of drug-likeness (QED) is 0.835. The SMILES string of the molecule is Cc1cnccc1CN1CCCC2(C1)CN(c1ccc(F)cc1)C(=O)CO2. The minimum absolute atomic E-state index is 0.0689. The fraction of sp³-hybridized carbons (Fsp3) is 0.429. The Kier molecular flexibility index (Phi) is 4.93. The number of hydrogen-bond donors (Lipinski definition) is 0. The van der Waals surface area contributed by atoms with Gasteiger partial charge in [-0.2, -0.15) is 0 Å². The zero-order valence-electron chi connectivity index (χ0n) is 15.5. The molecule has 1 aromatic carbocycles. The Labute approximate surface area is 158 Å². The third-order valence-corrected chi connectivity index (χ3v) is 5.54. The van der Waals surface area contributed by atoms with Crippen LogP contribution in [-0.2, 0) is 16.1 Å². The number of aryl methyl sites for hydroxylation is 1. The van der Waals surface area contributed by atoms with E-state index in [9.17, 15) is 9.18 Å². The Balaban J connectivity index is 1.51. The van der Waals surface area contributed by atoms with Crippen LogP contribution < -0.4 is 4.90 Å². The molecule has 0 radical (unpaired) electrons. The lowest BCUT2D eigenvalue weighted by atomic mass is 9.90. The highest BCUT2D eigenvalue weighted by atomic mass is 19.1. The first kappa shape index (κ1) is 18.1. The summed E-state index contributed by atoms with van der Waals surface area (Å²) < 4.78 is 19.3. The van der Waals surface area contributed by atoms with E-state index in [0.29, 0.717) is 6.54 Å². The summed E-state index contributed by atoms with van der Waals surface area (Å²) in [5.41, 5.74) is 2.81. The Morgan fingerprint density at radius 2 is 2.04 bits per heavy atom. The van der Waals surface area contributed by atoms with Crippen LogP contribution in [0.2, 0.25) is 0 Å². The van der Waals surface area contributed by atoms with Crippen LogP contribution in [0.15, 0.2) is 42.7 Å². The smallest absolute Gasteiger partial charge is 0.253 e. The third-order valence-electron chi connectivity index (χ3n) is 5.54. The second kappa shape index (κ2) is 7.37. The molecule has 0 N–H and O–H groups in total. The number of carbonyl (C=O) groups excluding carboxylic acids is 1. The predicted molar refractivity (Wildman–Crippen MR) is 101 cm³/mol. The molecular weight excluding hydrogens is 345 g/mol. The number of morpholine rings is 1. The van der Waals surface area contributed by atoms with Gasteiger partial charge >= 0.3 is 0 Å². The van der Waals surface area contributed by atoms with Crippen molar-refractivity contribution in [3.63, 3.8) is 0 Å². The van der Waals surface area contributed by atoms with Gasteiger partial charge in [0.15, 0.2) is 0 Å². The summed E-state index contributed by atoms with van der Waals surface area (Å²) in [6.45, 7) is 5.29. The average Bonchev–Trinajstić information content (AvgIpc) is 2.67. The lowest BCUT2D eigenvalue weighted by molar-refractivity contribution is -0.146. The molecule has 1 unspecified atom stereocenters. The Morgan fingerprint density at radius 1 is 1.22 bits per heavy atom. The van der Waals surface area contributed by atoms with Crippen molar-refractivity contribution >= 4 is 11.6 Å². The number of amides is 1. The highest BCUT2D eigenvalue weighted by Gasteiger charge is 2.43. The number of pyridine rings is 1. The van der Waals surface area contributed by atoms with E-state index in [1.807, 2.05) is 12.4 Å². The number of anilines is 1. The summed E-state index contributed by atoms with van der Waals surface area (Å²) in [5.74, 6) is -0.375. The second-order valence-corrected chi connectivity index (χ2v) is 7.54. The van der Waals surface area contributed by atoms with Crippen molar-refractivity contribution in [2.75, 3.05) is 31.1 Å². The van der Waals surface area contributed by atoms with E-state index in [1.54, 1.807) is 17.0 Å². The minimum atomic E-state index is -0.374. The zero-order chi connectivity index (χ0) is 18.9. The molecule has 2 saturated heterocycles. The molecule has 0 saturated carbocycles. The van der Waals surface area contributed by atoms with Gasteiger partial charge in [-0.05, 0) is 67.8 Å². The molecule has 142 valence electrons. The van der Waals surface area contributed by atoms with Crippen LogP contribution in [0.4, 0.5) is 10.1 Å². The van der Waals surface area contributed by atoms with Gasteiger partial charge in [0.1, 0.15) is 12.4 Å². The van der Waals surface area contributed by atoms with Crippen molar-refractivity contribution in [2.24, 2.45) is 0 Å². The topological polar surface area (TPSA) is 45.7 Å². The first-order valence-electron chi connectivity index (χ1n) is 9.36. The minimum Gasteiger partial charge on any atom is -0.362 e. The molecular formula is C21H24FN3O2. The van der Waals surface area contributed by atoms with Crippen LogP contribution in [0.3, 0.4) is 0 Å². The first-order chi connectivity index (χ1) is 13.0. The van der Waals surface area contributed by atoms with E-state index < -0.39 is 0 Å². The van der Waals surface area contributed by atoms with Gasteiger partial charge in [0.2, 0.25) is 0 Å². The summed E-state index contributed by atoms with van der Waals surface area (Å²) in [6, 6.07) is 8.17. The highest BCUT2D eigenvalue weighted by Crippen LogP contribution is 2.32. The number of ether oxygens (including phenoxy) is 1. The number of hydrogen-bond acceptors (Lipinski definition) is 4. The van der Waals surface area contributed by atoms with Gasteiger partial charge in [-0.3, -0.25) is 14.7 Å². The molecule has 0 bridgehead atoms. The van der Waals surface area contributed by atoms with Gasteiger partial charge in [0.25, 0.3) is 5.91 Å². The number of piperidine rings is 1. The van der Waals surface area contributed by atoms with E-state index in [4.69, 9.17) is 4.74 Å². The molecule has 2 fully saturated rings. The van der Waals surface area contributed by atoms with Gasteiger partial charge in [0, 0.05) is 31.2 Å². The second-order valence-electron chi connectivity index (χ2n) is 7.54. The molecule has 4 rings (SSSR count). The van der Waals surface area contributed by atoms with Crippen molar-refractivity contribution in [3.8, 4) is 0 Å². The predicted octanol–water partition coefficient (Wildman–Crippen LogP) is 2.93. The molecule has 1 spiro atoms. The molecule has 27 heavy (non-hydrogen) atoms. The molecule has 1 aromatic heterocycles. The number of rotatable bonds is 3. The van der Waals surface area contributed by atoms with Crippen LogP contribution in [0.1, 0.15) is 24.0 Å². The summed E-state index contributed by atoms with van der Waals surface area (Å²) in [6.07, 6.45) is 5.66. The molecule has 3 heterocycles. The summed E-state index contributed by atoms with van der Waals surface area (Å²) >= 11 is 0. The van der Waals surface area contributed by atoms with Crippen molar-refractivity contribution < 1.29 is 13.9 Å². The molecule has 6 heteroatoms. The molecule has 2 aliphatic rings. The highest BCUT2D eigenvalue weighted by molar-refractivity contribution is 5.95. The van der Waals surface area contributed by atoms with E-state index in [1.165, 1.54) is 23.3 Å². The molecule has 2 aliphatic heterocycles. The van der Waals surface area contributed by atoms with Gasteiger partial charge in [-0.15, -0.1) is 0 Å². The Morgan fingerprint density at radius 3 is 2.81 bits per heavy atom. The summed E-state index contributed by atoms with van der Waals surface area (Å²) in [5, 5.41) is 0. The monoisotopic (exact) mass is 369 g/mol. The lowest BCUT2D eigenvalue weighted by Crippen LogP contribution is -2.61. The van der Waals surface area contributed by atoms with Crippen molar-refractivity contribution in [3.05, 3.63) is 59.7 Å². The Bertz CT molecular complexity index is 826. The molecule has 1 amide bonds. The fourth-order valence-corrected chi connectivity index (χ4v) is 4.06. The maximum Gasteiger partial charge on any atom is 0.253 e. The lowest BCUT2D eigenvalue weighted by Gasteiger charge is -2.47. The number of benzene rings is 1. The molecule has 5 nitrogen and oxygen atoms in total. The van der Waals surface area contributed by atoms with Crippen LogP contribution in [0.25, 0.3) is 0 Å². The summed E-state index contributed by atoms with van der Waals surface area (Å²) in [7, 11) is 0. The van der Waals surface area contributed by atoms with E-state index in [0.717, 1.165) is 38.2 Å². The zero-order valence-corrected chi connectivity index (χ0v) is 15.5. The number of aromatic nitrogens is 1. The van der Waals surface area contributed by atoms with E-state index in [2.05, 4.69) is 22.9 Å². The number of likely N-dealkylation sites (tertiary alicyclic amines) is 1. The van der Waals surface area contributed by atoms with E-state index >= 15 is 0 Å². The van der Waals surface area contributed by atoms with Crippen LogP contribution in [0, 0.1) is 12.7 Å². The van der Waals surface area contributed by atoms with Crippen LogP contribution in [-0.4, -0.2) is 47.6 Å². The maximum atomic E-state index is 13.3. The number of carbonyl (C=O) groups is 1.